The lowest BCUT2D eigenvalue weighted by atomic mass is 9.41. The summed E-state index contributed by atoms with van der Waals surface area (Å²) in [6.07, 6.45) is 18.9. The topological polar surface area (TPSA) is 0 Å². The highest BCUT2D eigenvalue weighted by atomic mass is 14.7. The van der Waals surface area contributed by atoms with E-state index in [1.54, 1.807) is 0 Å². The second-order valence-electron chi connectivity index (χ2n) is 11.0. The molecule has 0 radical (unpaired) electrons. The average molecular weight is 343 g/mol. The molecule has 0 nitrogen and oxygen atoms in total. The molecule has 7 atom stereocenters. The van der Waals surface area contributed by atoms with Gasteiger partial charge in [-0.25, -0.2) is 0 Å². The van der Waals surface area contributed by atoms with E-state index < -0.39 is 0 Å². The van der Waals surface area contributed by atoms with Crippen LogP contribution in [0.2, 0.25) is 0 Å². The molecular formula is C25H42. The molecule has 0 aromatic rings. The van der Waals surface area contributed by atoms with E-state index in [-0.39, 0.29) is 0 Å². The Morgan fingerprint density at radius 3 is 2.36 bits per heavy atom. The van der Waals surface area contributed by atoms with Crippen molar-refractivity contribution in [3.63, 3.8) is 0 Å². The minimum absolute atomic E-state index is 0.552. The summed E-state index contributed by atoms with van der Waals surface area (Å²) in [6.45, 7) is 12.7. The molecule has 0 bridgehead atoms. The molecule has 6 unspecified atom stereocenters. The van der Waals surface area contributed by atoms with Gasteiger partial charge in [0.05, 0.1) is 0 Å². The van der Waals surface area contributed by atoms with Crippen LogP contribution in [-0.2, 0) is 0 Å². The van der Waals surface area contributed by atoms with Crippen molar-refractivity contribution in [2.45, 2.75) is 105 Å². The van der Waals surface area contributed by atoms with E-state index in [1.807, 2.05) is 5.57 Å². The summed E-state index contributed by atoms with van der Waals surface area (Å²) < 4.78 is 0. The summed E-state index contributed by atoms with van der Waals surface area (Å²) in [6, 6.07) is 0. The molecule has 0 spiro atoms. The van der Waals surface area contributed by atoms with E-state index in [9.17, 15) is 0 Å². The van der Waals surface area contributed by atoms with Gasteiger partial charge < -0.3 is 0 Å². The molecule has 4 aliphatic rings. The summed E-state index contributed by atoms with van der Waals surface area (Å²) in [5, 5.41) is 0. The van der Waals surface area contributed by atoms with E-state index >= 15 is 0 Å². The lowest BCUT2D eigenvalue weighted by Gasteiger charge is -2.63. The zero-order chi connectivity index (χ0) is 17.9. The van der Waals surface area contributed by atoms with E-state index in [4.69, 9.17) is 0 Å². The van der Waals surface area contributed by atoms with Gasteiger partial charge >= 0.3 is 0 Å². The first-order valence-corrected chi connectivity index (χ1v) is 11.6. The van der Waals surface area contributed by atoms with Gasteiger partial charge in [0.15, 0.2) is 0 Å². The van der Waals surface area contributed by atoms with Crippen LogP contribution in [-0.4, -0.2) is 0 Å². The second kappa shape index (κ2) is 6.13. The molecule has 0 aromatic heterocycles. The van der Waals surface area contributed by atoms with Gasteiger partial charge in [-0.15, -0.1) is 0 Å². The Morgan fingerprint density at radius 1 is 0.920 bits per heavy atom. The summed E-state index contributed by atoms with van der Waals surface area (Å²) in [5.41, 5.74) is 3.64. The summed E-state index contributed by atoms with van der Waals surface area (Å²) in [5.74, 6) is 4.00. The molecule has 4 aliphatic carbocycles. The number of fused-ring (bicyclic) bond motifs is 5. The molecule has 0 heterocycles. The van der Waals surface area contributed by atoms with Crippen molar-refractivity contribution >= 4 is 0 Å². The van der Waals surface area contributed by atoms with Crippen LogP contribution in [0.25, 0.3) is 0 Å². The molecule has 0 aliphatic heterocycles. The third-order valence-corrected chi connectivity index (χ3v) is 10.5. The quantitative estimate of drug-likeness (QED) is 0.427. The number of rotatable bonds is 1. The second-order valence-corrected chi connectivity index (χ2v) is 11.0. The Kier molecular flexibility index (Phi) is 4.45. The molecule has 0 N–H and O–H groups in total. The SMILES string of the molecule is C/C=C1/CCC2C3CCC4(C)CC[C@@H](C)CCC4(CC)C3CCC12C. The van der Waals surface area contributed by atoms with E-state index in [0.717, 1.165) is 23.7 Å². The highest BCUT2D eigenvalue weighted by molar-refractivity contribution is 5.24. The predicted molar refractivity (Wildman–Crippen MR) is 108 cm³/mol. The standard InChI is InChI=1S/C25H42/c1-6-19-8-9-21-20-12-15-23(4)14-10-18(3)11-17-25(23,7-2)22(20)13-16-24(19,21)5/h6,18,20-22H,7-17H2,1-5H3/b19-6-/t18-,20?,21?,22?,23?,24?,25?/m1/s1. The zero-order valence-electron chi connectivity index (χ0n) is 17.7. The maximum absolute atomic E-state index is 2.71. The van der Waals surface area contributed by atoms with Crippen LogP contribution in [0.15, 0.2) is 11.6 Å². The molecular weight excluding hydrogens is 300 g/mol. The Labute approximate surface area is 157 Å². The van der Waals surface area contributed by atoms with Gasteiger partial charge in [-0.2, -0.15) is 0 Å². The number of allylic oxidation sites excluding steroid dienone is 2. The molecule has 0 heteroatoms. The van der Waals surface area contributed by atoms with Gasteiger partial charge in [-0.05, 0) is 105 Å². The normalized spacial score (nSPS) is 54.5. The fraction of sp³-hybridized carbons (Fsp3) is 0.920. The molecule has 4 saturated carbocycles. The maximum Gasteiger partial charge on any atom is -0.00853 e. The molecule has 4 fully saturated rings. The Morgan fingerprint density at radius 2 is 1.64 bits per heavy atom. The van der Waals surface area contributed by atoms with Gasteiger partial charge in [-0.1, -0.05) is 52.2 Å². The highest BCUT2D eigenvalue weighted by Crippen LogP contribution is 2.71. The summed E-state index contributed by atoms with van der Waals surface area (Å²) in [4.78, 5) is 0. The predicted octanol–water partition coefficient (Wildman–Crippen LogP) is 7.78. The number of hydrogen-bond acceptors (Lipinski definition) is 0. The molecule has 4 rings (SSSR count). The minimum Gasteiger partial charge on any atom is -0.0879 e. The van der Waals surface area contributed by atoms with Crippen molar-refractivity contribution in [3.8, 4) is 0 Å². The molecule has 0 amide bonds. The largest absolute Gasteiger partial charge is 0.0879 e. The fourth-order valence-corrected chi connectivity index (χ4v) is 8.82. The third kappa shape index (κ3) is 2.37. The van der Waals surface area contributed by atoms with Gasteiger partial charge in [0.25, 0.3) is 0 Å². The van der Waals surface area contributed by atoms with Gasteiger partial charge in [0.1, 0.15) is 0 Å². The van der Waals surface area contributed by atoms with Crippen molar-refractivity contribution in [3.05, 3.63) is 11.6 Å². The van der Waals surface area contributed by atoms with Crippen molar-refractivity contribution in [1.29, 1.82) is 0 Å². The Bertz CT molecular complexity index is 544. The van der Waals surface area contributed by atoms with Crippen LogP contribution < -0.4 is 0 Å². The van der Waals surface area contributed by atoms with Gasteiger partial charge in [0, 0.05) is 0 Å². The monoisotopic (exact) mass is 342 g/mol. The smallest absolute Gasteiger partial charge is 0.00853 e. The third-order valence-electron chi connectivity index (χ3n) is 10.5. The minimum atomic E-state index is 0.552. The van der Waals surface area contributed by atoms with Crippen molar-refractivity contribution in [2.24, 2.45) is 39.9 Å². The molecule has 0 saturated heterocycles. The van der Waals surface area contributed by atoms with Crippen LogP contribution in [0.4, 0.5) is 0 Å². The first-order valence-electron chi connectivity index (χ1n) is 11.6. The summed E-state index contributed by atoms with van der Waals surface area (Å²) >= 11 is 0. The molecule has 25 heavy (non-hydrogen) atoms. The van der Waals surface area contributed by atoms with Crippen LogP contribution in [0.5, 0.6) is 0 Å². The van der Waals surface area contributed by atoms with Crippen molar-refractivity contribution < 1.29 is 0 Å². The maximum atomic E-state index is 2.71. The number of hydrogen-bond donors (Lipinski definition) is 0. The van der Waals surface area contributed by atoms with E-state index in [0.29, 0.717) is 16.2 Å². The van der Waals surface area contributed by atoms with Crippen molar-refractivity contribution in [1.82, 2.24) is 0 Å². The van der Waals surface area contributed by atoms with Crippen LogP contribution in [0.3, 0.4) is 0 Å². The summed E-state index contributed by atoms with van der Waals surface area (Å²) in [7, 11) is 0. The van der Waals surface area contributed by atoms with E-state index in [2.05, 4.69) is 40.7 Å². The highest BCUT2D eigenvalue weighted by Gasteiger charge is 2.62. The first kappa shape index (κ1) is 18.1. The lowest BCUT2D eigenvalue weighted by Crippen LogP contribution is -2.55. The Balaban J connectivity index is 1.71. The zero-order valence-corrected chi connectivity index (χ0v) is 17.7. The van der Waals surface area contributed by atoms with Crippen molar-refractivity contribution in [2.75, 3.05) is 0 Å². The van der Waals surface area contributed by atoms with Crippen LogP contribution in [0, 0.1) is 39.9 Å². The van der Waals surface area contributed by atoms with Gasteiger partial charge in [0.2, 0.25) is 0 Å². The van der Waals surface area contributed by atoms with Crippen LogP contribution >= 0.6 is 0 Å². The fourth-order valence-electron chi connectivity index (χ4n) is 8.82. The van der Waals surface area contributed by atoms with E-state index in [1.165, 1.54) is 70.6 Å². The molecule has 0 aromatic carbocycles. The average Bonchev–Trinajstić information content (AvgIpc) is 2.88. The first-order chi connectivity index (χ1) is 11.9. The lowest BCUT2D eigenvalue weighted by molar-refractivity contribution is -0.139. The Hall–Kier alpha value is -0.260. The van der Waals surface area contributed by atoms with Gasteiger partial charge in [-0.3, -0.25) is 0 Å². The van der Waals surface area contributed by atoms with Crippen LogP contribution in [0.1, 0.15) is 105 Å². The molecule has 142 valence electrons.